The topological polar surface area (TPSA) is 69.6 Å². The summed E-state index contributed by atoms with van der Waals surface area (Å²) in [6, 6.07) is 7.17. The number of hydrogen-bond donors (Lipinski definition) is 2. The zero-order valence-electron chi connectivity index (χ0n) is 11.3. The van der Waals surface area contributed by atoms with E-state index in [4.69, 9.17) is 5.11 Å². The summed E-state index contributed by atoms with van der Waals surface area (Å²) in [6.45, 7) is 3.64. The molecular weight excluding hydrogens is 324 g/mol. The number of nitrogens with zero attached hydrogens (tertiary/aromatic N) is 1. The van der Waals surface area contributed by atoms with Gasteiger partial charge in [-0.25, -0.2) is 9.59 Å². The van der Waals surface area contributed by atoms with Gasteiger partial charge in [0.2, 0.25) is 0 Å². The van der Waals surface area contributed by atoms with Gasteiger partial charge in [-0.1, -0.05) is 41.4 Å². The number of carbonyl (C=O) groups is 2. The molecule has 20 heavy (non-hydrogen) atoms. The first-order chi connectivity index (χ1) is 9.52. The quantitative estimate of drug-likeness (QED) is 0.800. The third kappa shape index (κ3) is 6.06. The number of unbranched alkanes of at least 4 members (excludes halogenated alkanes) is 1. The Labute approximate surface area is 127 Å². The van der Waals surface area contributed by atoms with E-state index in [2.05, 4.69) is 21.2 Å². The summed E-state index contributed by atoms with van der Waals surface area (Å²) in [5.74, 6) is -1.13. The van der Waals surface area contributed by atoms with Crippen molar-refractivity contribution < 1.29 is 14.7 Å². The second kappa shape index (κ2) is 8.58. The van der Waals surface area contributed by atoms with E-state index in [9.17, 15) is 9.59 Å². The Balaban J connectivity index is 2.54. The number of nitrogens with one attached hydrogen (secondary N) is 1. The highest BCUT2D eigenvalue weighted by Gasteiger charge is 2.16. The third-order valence-electron chi connectivity index (χ3n) is 2.61. The SMILES string of the molecule is CCCCN([CH]C(=O)O)C(=O)NCc1cccc(Br)c1. The highest BCUT2D eigenvalue weighted by Crippen LogP contribution is 2.11. The van der Waals surface area contributed by atoms with Crippen molar-refractivity contribution in [2.24, 2.45) is 0 Å². The van der Waals surface area contributed by atoms with Gasteiger partial charge in [0.1, 0.15) is 0 Å². The third-order valence-corrected chi connectivity index (χ3v) is 3.11. The molecule has 0 aliphatic heterocycles. The van der Waals surface area contributed by atoms with Gasteiger partial charge in [-0.2, -0.15) is 0 Å². The van der Waals surface area contributed by atoms with Crippen LogP contribution in [-0.4, -0.2) is 28.6 Å². The van der Waals surface area contributed by atoms with Crippen LogP contribution in [0.2, 0.25) is 0 Å². The lowest BCUT2D eigenvalue weighted by molar-refractivity contribution is -0.134. The Morgan fingerprint density at radius 3 is 2.80 bits per heavy atom. The second-order valence-electron chi connectivity index (χ2n) is 4.30. The summed E-state index contributed by atoms with van der Waals surface area (Å²) in [5, 5.41) is 11.5. The van der Waals surface area contributed by atoms with Crippen LogP contribution in [-0.2, 0) is 11.3 Å². The number of amides is 2. The minimum absolute atomic E-state index is 0.356. The highest BCUT2D eigenvalue weighted by atomic mass is 79.9. The molecule has 109 valence electrons. The number of rotatable bonds is 7. The molecule has 0 aliphatic carbocycles. The minimum atomic E-state index is -1.13. The minimum Gasteiger partial charge on any atom is -0.480 e. The van der Waals surface area contributed by atoms with Crippen molar-refractivity contribution in [2.75, 3.05) is 6.54 Å². The molecule has 0 aliphatic rings. The number of carboxylic acid groups (broad SMARTS) is 1. The van der Waals surface area contributed by atoms with Crippen molar-refractivity contribution in [3.8, 4) is 0 Å². The number of hydrogen-bond acceptors (Lipinski definition) is 2. The monoisotopic (exact) mass is 341 g/mol. The van der Waals surface area contributed by atoms with Crippen LogP contribution in [0.3, 0.4) is 0 Å². The van der Waals surface area contributed by atoms with Crippen molar-refractivity contribution >= 4 is 27.9 Å². The summed E-state index contributed by atoms with van der Waals surface area (Å²) in [7, 11) is 0. The normalized spacial score (nSPS) is 10.1. The summed E-state index contributed by atoms with van der Waals surface area (Å²) < 4.78 is 0.934. The Morgan fingerprint density at radius 1 is 1.45 bits per heavy atom. The van der Waals surface area contributed by atoms with E-state index in [0.717, 1.165) is 29.4 Å². The predicted octanol–water partition coefficient (Wildman–Crippen LogP) is 3.01. The molecule has 1 radical (unpaired) electrons. The molecule has 6 heteroatoms. The van der Waals surface area contributed by atoms with E-state index in [1.807, 2.05) is 31.2 Å². The van der Waals surface area contributed by atoms with Gasteiger partial charge in [0.05, 0.1) is 0 Å². The Hall–Kier alpha value is -1.56. The van der Waals surface area contributed by atoms with Gasteiger partial charge in [-0.15, -0.1) is 0 Å². The van der Waals surface area contributed by atoms with Gasteiger partial charge in [-0.05, 0) is 24.1 Å². The molecule has 2 amide bonds. The first kappa shape index (κ1) is 16.5. The summed E-state index contributed by atoms with van der Waals surface area (Å²) in [6.07, 6.45) is 1.65. The zero-order valence-corrected chi connectivity index (χ0v) is 12.9. The Bertz CT molecular complexity index is 465. The van der Waals surface area contributed by atoms with Gasteiger partial charge in [0.15, 0.2) is 6.54 Å². The fraction of sp³-hybridized carbons (Fsp3) is 0.357. The molecule has 0 bridgehead atoms. The molecule has 0 saturated heterocycles. The number of halogens is 1. The predicted molar refractivity (Wildman–Crippen MR) is 79.9 cm³/mol. The maximum absolute atomic E-state index is 12.0. The van der Waals surface area contributed by atoms with Crippen molar-refractivity contribution in [1.82, 2.24) is 10.2 Å². The van der Waals surface area contributed by atoms with Gasteiger partial charge >= 0.3 is 12.0 Å². The first-order valence-corrected chi connectivity index (χ1v) is 7.19. The molecule has 1 rings (SSSR count). The maximum Gasteiger partial charge on any atom is 0.329 e. The van der Waals surface area contributed by atoms with Crippen molar-refractivity contribution in [1.29, 1.82) is 0 Å². The van der Waals surface area contributed by atoms with Crippen molar-refractivity contribution in [3.05, 3.63) is 40.8 Å². The average molecular weight is 342 g/mol. The average Bonchev–Trinajstić information content (AvgIpc) is 2.40. The molecule has 0 heterocycles. The molecule has 0 spiro atoms. The number of carbonyl (C=O) groups excluding carboxylic acids is 1. The second-order valence-corrected chi connectivity index (χ2v) is 5.22. The smallest absolute Gasteiger partial charge is 0.329 e. The summed E-state index contributed by atoms with van der Waals surface area (Å²) in [5.41, 5.74) is 0.943. The molecule has 0 unspecified atom stereocenters. The van der Waals surface area contributed by atoms with Crippen molar-refractivity contribution in [3.63, 3.8) is 0 Å². The fourth-order valence-electron chi connectivity index (χ4n) is 1.61. The standard InChI is InChI=1S/C14H18BrN2O3/c1-2-3-7-17(10-13(18)19)14(20)16-9-11-5-4-6-12(15)8-11/h4-6,8,10H,2-3,7,9H2,1H3,(H,16,20)(H,18,19). The number of aliphatic carboxylic acids is 1. The van der Waals surface area contributed by atoms with E-state index >= 15 is 0 Å². The summed E-state index contributed by atoms with van der Waals surface area (Å²) >= 11 is 3.36. The maximum atomic E-state index is 12.0. The van der Waals surface area contributed by atoms with Gasteiger partial charge in [-0.3, -0.25) is 0 Å². The van der Waals surface area contributed by atoms with Crippen LogP contribution in [0.15, 0.2) is 28.7 Å². The molecule has 0 aromatic heterocycles. The van der Waals surface area contributed by atoms with Crippen LogP contribution >= 0.6 is 15.9 Å². The molecular formula is C14H18BrN2O3. The molecule has 2 N–H and O–H groups in total. The molecule has 0 fully saturated rings. The molecule has 0 saturated carbocycles. The van der Waals surface area contributed by atoms with Gasteiger partial charge in [0, 0.05) is 17.6 Å². The molecule has 0 atom stereocenters. The Morgan fingerprint density at radius 2 is 2.20 bits per heavy atom. The first-order valence-electron chi connectivity index (χ1n) is 6.39. The fourth-order valence-corrected chi connectivity index (χ4v) is 2.06. The zero-order chi connectivity index (χ0) is 15.0. The lowest BCUT2D eigenvalue weighted by atomic mass is 10.2. The largest absolute Gasteiger partial charge is 0.480 e. The van der Waals surface area contributed by atoms with Gasteiger partial charge in [0.25, 0.3) is 0 Å². The molecule has 5 nitrogen and oxygen atoms in total. The van der Waals surface area contributed by atoms with E-state index in [-0.39, 0.29) is 0 Å². The summed E-state index contributed by atoms with van der Waals surface area (Å²) in [4.78, 5) is 23.9. The van der Waals surface area contributed by atoms with Crippen LogP contribution in [0, 0.1) is 6.54 Å². The number of benzene rings is 1. The molecule has 1 aromatic carbocycles. The van der Waals surface area contributed by atoms with Crippen LogP contribution in [0.25, 0.3) is 0 Å². The molecule has 1 aromatic rings. The van der Waals surface area contributed by atoms with Gasteiger partial charge < -0.3 is 15.3 Å². The van der Waals surface area contributed by atoms with Crippen LogP contribution in [0.4, 0.5) is 4.79 Å². The van der Waals surface area contributed by atoms with Crippen molar-refractivity contribution in [2.45, 2.75) is 26.3 Å². The van der Waals surface area contributed by atoms with E-state index in [1.165, 1.54) is 4.90 Å². The lowest BCUT2D eigenvalue weighted by Crippen LogP contribution is -2.40. The number of urea groups is 1. The van der Waals surface area contributed by atoms with E-state index in [0.29, 0.717) is 13.1 Å². The van der Waals surface area contributed by atoms with Crippen LogP contribution < -0.4 is 5.32 Å². The Kier molecular flexibility index (Phi) is 7.08. The lowest BCUT2D eigenvalue weighted by Gasteiger charge is -2.20. The van der Waals surface area contributed by atoms with Crippen LogP contribution in [0.5, 0.6) is 0 Å². The number of carboxylic acids is 1. The highest BCUT2D eigenvalue weighted by molar-refractivity contribution is 9.10. The van der Waals surface area contributed by atoms with E-state index in [1.54, 1.807) is 0 Å². The van der Waals surface area contributed by atoms with Crippen LogP contribution in [0.1, 0.15) is 25.3 Å². The van der Waals surface area contributed by atoms with E-state index < -0.39 is 12.0 Å².